The van der Waals surface area contributed by atoms with Crippen LogP contribution in [0.2, 0.25) is 0 Å². The largest absolute Gasteiger partial charge is 0.364 e. The number of alkyl halides is 2. The van der Waals surface area contributed by atoms with E-state index in [1.54, 1.807) is 19.1 Å². The molecule has 2 fully saturated rings. The van der Waals surface area contributed by atoms with Gasteiger partial charge in [-0.3, -0.25) is 14.6 Å². The van der Waals surface area contributed by atoms with Gasteiger partial charge < -0.3 is 10.7 Å². The van der Waals surface area contributed by atoms with E-state index in [1.165, 1.54) is 24.4 Å². The highest BCUT2D eigenvalue weighted by Gasteiger charge is 2.73. The molecule has 2 heterocycles. The Labute approximate surface area is 175 Å². The fourth-order valence-electron chi connectivity index (χ4n) is 5.45. The molecule has 8 heteroatoms. The van der Waals surface area contributed by atoms with Gasteiger partial charge in [0.25, 0.3) is 11.8 Å². The van der Waals surface area contributed by atoms with Crippen molar-refractivity contribution in [1.29, 1.82) is 0 Å². The van der Waals surface area contributed by atoms with Gasteiger partial charge in [-0.25, -0.2) is 13.2 Å². The molecule has 3 aromatic rings. The van der Waals surface area contributed by atoms with E-state index in [9.17, 15) is 22.8 Å². The molecule has 0 spiro atoms. The third kappa shape index (κ3) is 2.96. The average molecular weight is 427 g/mol. The number of H-pyrrole nitrogens is 1. The predicted octanol–water partition coefficient (Wildman–Crippen LogP) is 4.01. The summed E-state index contributed by atoms with van der Waals surface area (Å²) in [6, 6.07) is 7.13. The van der Waals surface area contributed by atoms with E-state index in [1.807, 2.05) is 0 Å². The first kappa shape index (κ1) is 19.8. The second kappa shape index (κ2) is 6.67. The molecule has 1 aromatic carbocycles. The van der Waals surface area contributed by atoms with Gasteiger partial charge in [-0.2, -0.15) is 0 Å². The number of rotatable bonds is 3. The number of nitrogens with zero attached hydrogens (tertiary/aromatic N) is 1. The van der Waals surface area contributed by atoms with Crippen LogP contribution in [0.3, 0.4) is 0 Å². The average Bonchev–Trinajstić information content (AvgIpc) is 3.28. The molecule has 5 rings (SSSR count). The molecule has 31 heavy (non-hydrogen) atoms. The van der Waals surface area contributed by atoms with E-state index in [4.69, 9.17) is 5.73 Å². The van der Waals surface area contributed by atoms with Crippen LogP contribution >= 0.6 is 0 Å². The number of fused-ring (bicyclic) bond motifs is 2. The van der Waals surface area contributed by atoms with Crippen molar-refractivity contribution in [2.24, 2.45) is 17.6 Å². The lowest BCUT2D eigenvalue weighted by Crippen LogP contribution is -2.23. The van der Waals surface area contributed by atoms with Gasteiger partial charge in [-0.15, -0.1) is 0 Å². The van der Waals surface area contributed by atoms with Crippen LogP contribution in [0.25, 0.3) is 10.9 Å². The molecule has 3 N–H and O–H groups in total. The smallest absolute Gasteiger partial charge is 0.268 e. The molecule has 0 bridgehead atoms. The summed E-state index contributed by atoms with van der Waals surface area (Å²) in [5.74, 6) is -6.49. The van der Waals surface area contributed by atoms with Crippen molar-refractivity contribution in [1.82, 2.24) is 9.97 Å². The Morgan fingerprint density at radius 3 is 2.71 bits per heavy atom. The third-order valence-electron chi connectivity index (χ3n) is 6.86. The maximum absolute atomic E-state index is 14.6. The van der Waals surface area contributed by atoms with E-state index in [2.05, 4.69) is 9.97 Å². The topological polar surface area (TPSA) is 88.8 Å². The minimum Gasteiger partial charge on any atom is -0.364 e. The number of carbonyl (C=O) groups is 1. The zero-order valence-electron chi connectivity index (χ0n) is 16.7. The van der Waals surface area contributed by atoms with Crippen LogP contribution in [0.15, 0.2) is 41.3 Å². The van der Waals surface area contributed by atoms with Gasteiger partial charge in [0.15, 0.2) is 5.43 Å². The fraction of sp³-hybridized carbons (Fsp3) is 0.348. The Morgan fingerprint density at radius 1 is 1.23 bits per heavy atom. The molecule has 2 aliphatic carbocycles. The number of benzene rings is 1. The number of amides is 1. The third-order valence-corrected chi connectivity index (χ3v) is 6.86. The molecular weight excluding hydrogens is 407 g/mol. The highest BCUT2D eigenvalue weighted by atomic mass is 19.3. The molecule has 2 aromatic heterocycles. The molecule has 2 unspecified atom stereocenters. The van der Waals surface area contributed by atoms with Gasteiger partial charge in [0.2, 0.25) is 0 Å². The zero-order chi connectivity index (χ0) is 22.1. The van der Waals surface area contributed by atoms with Crippen molar-refractivity contribution >= 4 is 16.8 Å². The Bertz CT molecular complexity index is 1290. The first-order valence-electron chi connectivity index (χ1n) is 10.2. The summed E-state index contributed by atoms with van der Waals surface area (Å²) < 4.78 is 42.9. The van der Waals surface area contributed by atoms with Crippen LogP contribution in [-0.2, 0) is 0 Å². The van der Waals surface area contributed by atoms with E-state index in [-0.39, 0.29) is 17.0 Å². The van der Waals surface area contributed by atoms with Gasteiger partial charge in [-0.05, 0) is 49.1 Å². The van der Waals surface area contributed by atoms with Crippen molar-refractivity contribution in [2.45, 2.75) is 37.5 Å². The number of hydrogen-bond acceptors (Lipinski definition) is 3. The number of aryl methyl sites for hydroxylation is 1. The molecule has 2 saturated carbocycles. The first-order chi connectivity index (χ1) is 14.7. The Morgan fingerprint density at radius 2 is 2.00 bits per heavy atom. The molecule has 5 nitrogen and oxygen atoms in total. The second-order valence-electron chi connectivity index (χ2n) is 8.55. The van der Waals surface area contributed by atoms with Crippen molar-refractivity contribution in [3.05, 3.63) is 75.1 Å². The van der Waals surface area contributed by atoms with Gasteiger partial charge in [0.05, 0.1) is 10.9 Å². The predicted molar refractivity (Wildman–Crippen MR) is 109 cm³/mol. The summed E-state index contributed by atoms with van der Waals surface area (Å²) in [5.41, 5.74) is 6.96. The number of pyridine rings is 2. The van der Waals surface area contributed by atoms with Crippen molar-refractivity contribution in [3.63, 3.8) is 0 Å². The van der Waals surface area contributed by atoms with Crippen LogP contribution in [0.1, 0.15) is 52.0 Å². The zero-order valence-corrected chi connectivity index (χ0v) is 16.7. The molecule has 1 amide bonds. The number of aromatic nitrogens is 2. The van der Waals surface area contributed by atoms with Crippen LogP contribution in [-0.4, -0.2) is 21.8 Å². The van der Waals surface area contributed by atoms with E-state index in [0.717, 1.165) is 0 Å². The van der Waals surface area contributed by atoms with Crippen LogP contribution < -0.4 is 11.2 Å². The van der Waals surface area contributed by atoms with Crippen LogP contribution in [0.4, 0.5) is 13.2 Å². The number of aromatic amines is 1. The summed E-state index contributed by atoms with van der Waals surface area (Å²) in [6.45, 7) is 1.72. The number of halogens is 3. The minimum absolute atomic E-state index is 0.0821. The lowest BCUT2D eigenvalue weighted by atomic mass is 9.72. The normalized spacial score (nSPS) is 26.5. The van der Waals surface area contributed by atoms with E-state index in [0.29, 0.717) is 35.2 Å². The summed E-state index contributed by atoms with van der Waals surface area (Å²) in [4.78, 5) is 31.6. The van der Waals surface area contributed by atoms with Crippen LogP contribution in [0, 0.1) is 24.6 Å². The summed E-state index contributed by atoms with van der Waals surface area (Å²) in [6.07, 6.45) is 2.19. The fourth-order valence-corrected chi connectivity index (χ4v) is 5.45. The standard InChI is InChI=1S/C23H20F3N3O2/c1-10-8-11(24)2-3-12(10)18-13(4-5-14-20(18)23(14,25)26)16-9-17(30)19-15(29-16)6-7-28-21(19)22(27)31/h2-3,6-9,13-14,18,20H,4-5H2,1H3,(H2,27,31)(H,29,30)/t13-,14-,18?,20?/m1/s1. The monoisotopic (exact) mass is 427 g/mol. The molecule has 160 valence electrons. The van der Waals surface area contributed by atoms with Crippen molar-refractivity contribution < 1.29 is 18.0 Å². The quantitative estimate of drug-likeness (QED) is 0.662. The Balaban J connectivity index is 1.67. The lowest BCUT2D eigenvalue weighted by Gasteiger charge is -2.32. The number of nitrogens with two attached hydrogens (primary N) is 1. The number of nitrogens with one attached hydrogen (secondary N) is 1. The Hall–Kier alpha value is -3.16. The van der Waals surface area contributed by atoms with Gasteiger partial charge in [-0.1, -0.05) is 6.07 Å². The van der Waals surface area contributed by atoms with Gasteiger partial charge in [0.1, 0.15) is 11.5 Å². The summed E-state index contributed by atoms with van der Waals surface area (Å²) in [5, 5.41) is 0.0821. The SMILES string of the molecule is Cc1cc(F)ccc1C1C2[C@@H](CC[C@@H]1c1cc(=O)c3c(C(N)=O)nccc3[nH]1)C2(F)F. The highest BCUT2D eigenvalue weighted by molar-refractivity contribution is 6.03. The minimum atomic E-state index is -2.78. The lowest BCUT2D eigenvalue weighted by molar-refractivity contribution is 0.0818. The highest BCUT2D eigenvalue weighted by Crippen LogP contribution is 2.69. The molecule has 2 aliphatic rings. The van der Waals surface area contributed by atoms with Gasteiger partial charge >= 0.3 is 0 Å². The maximum Gasteiger partial charge on any atom is 0.268 e. The molecule has 0 radical (unpaired) electrons. The summed E-state index contributed by atoms with van der Waals surface area (Å²) >= 11 is 0. The van der Waals surface area contributed by atoms with Crippen molar-refractivity contribution in [2.75, 3.05) is 0 Å². The molecular formula is C23H20F3N3O2. The number of primary amides is 1. The van der Waals surface area contributed by atoms with Crippen molar-refractivity contribution in [3.8, 4) is 0 Å². The first-order valence-corrected chi connectivity index (χ1v) is 10.2. The van der Waals surface area contributed by atoms with Gasteiger partial charge in [0, 0.05) is 41.6 Å². The van der Waals surface area contributed by atoms with E-state index >= 15 is 0 Å². The number of hydrogen-bond donors (Lipinski definition) is 2. The maximum atomic E-state index is 14.6. The van der Waals surface area contributed by atoms with E-state index < -0.39 is 40.8 Å². The number of carbonyl (C=O) groups excluding carboxylic acids is 1. The Kier molecular flexibility index (Phi) is 4.26. The molecule has 0 aliphatic heterocycles. The summed E-state index contributed by atoms with van der Waals surface area (Å²) in [7, 11) is 0. The molecule has 4 atom stereocenters. The van der Waals surface area contributed by atoms with Crippen LogP contribution in [0.5, 0.6) is 0 Å². The second-order valence-corrected chi connectivity index (χ2v) is 8.55. The molecule has 0 saturated heterocycles.